The highest BCUT2D eigenvalue weighted by atomic mass is 79.9. The molecule has 16 heavy (non-hydrogen) atoms. The zero-order chi connectivity index (χ0) is 10.6. The highest BCUT2D eigenvalue weighted by Gasteiger charge is 2.71. The predicted octanol–water partition coefficient (Wildman–Crippen LogP) is 4.07. The van der Waals surface area contributed by atoms with E-state index in [4.69, 9.17) is 0 Å². The lowest BCUT2D eigenvalue weighted by atomic mass is 9.32. The molecule has 0 amide bonds. The fraction of sp³-hybridized carbons (Fsp3) is 1.00. The van der Waals surface area contributed by atoms with Crippen molar-refractivity contribution in [3.8, 4) is 0 Å². The third-order valence-corrected chi connectivity index (χ3v) is 9.65. The third kappa shape index (κ3) is 0.839. The molecular weight excluding hydrogens is 328 g/mol. The maximum Gasteiger partial charge on any atom is 0.0211 e. The molecule has 9 aliphatic rings. The molecular formula is C14H18Br2. The molecule has 3 unspecified atom stereocenters. The summed E-state index contributed by atoms with van der Waals surface area (Å²) in [6.07, 6.45) is 6.22. The van der Waals surface area contributed by atoms with Crippen molar-refractivity contribution in [2.24, 2.45) is 47.3 Å². The molecule has 2 heteroatoms. The maximum absolute atomic E-state index is 4.08. The van der Waals surface area contributed by atoms with Crippen LogP contribution in [0.1, 0.15) is 25.7 Å². The molecule has 0 radical (unpaired) electrons. The molecule has 0 nitrogen and oxygen atoms in total. The van der Waals surface area contributed by atoms with E-state index < -0.39 is 0 Å². The Morgan fingerprint density at radius 1 is 0.500 bits per heavy atom. The van der Waals surface area contributed by atoms with Crippen molar-refractivity contribution < 1.29 is 0 Å². The number of fused-ring (bicyclic) bond motifs is 2. The van der Waals surface area contributed by atoms with Crippen molar-refractivity contribution in [1.29, 1.82) is 0 Å². The largest absolute Gasteiger partial charge is 0.0884 e. The van der Waals surface area contributed by atoms with E-state index in [1.54, 1.807) is 25.7 Å². The molecule has 0 aliphatic heterocycles. The second-order valence-electron chi connectivity index (χ2n) is 7.01. The summed E-state index contributed by atoms with van der Waals surface area (Å²) in [7, 11) is 0. The maximum atomic E-state index is 4.08. The molecule has 9 aliphatic carbocycles. The van der Waals surface area contributed by atoms with E-state index >= 15 is 0 Å². The summed E-state index contributed by atoms with van der Waals surface area (Å²) in [5.74, 6) is 8.68. The Hall–Kier alpha value is 0.960. The van der Waals surface area contributed by atoms with Gasteiger partial charge in [0.1, 0.15) is 0 Å². The lowest BCUT2D eigenvalue weighted by Crippen LogP contribution is -2.73. The molecule has 9 rings (SSSR count). The van der Waals surface area contributed by atoms with Gasteiger partial charge in [-0.05, 0) is 73.0 Å². The van der Waals surface area contributed by atoms with Crippen LogP contribution in [-0.4, -0.2) is 9.65 Å². The lowest BCUT2D eigenvalue weighted by Gasteiger charge is -2.75. The van der Waals surface area contributed by atoms with Gasteiger partial charge in [-0.25, -0.2) is 0 Å². The van der Waals surface area contributed by atoms with Gasteiger partial charge >= 0.3 is 0 Å². The quantitative estimate of drug-likeness (QED) is 0.580. The molecule has 0 aromatic rings. The van der Waals surface area contributed by atoms with Crippen LogP contribution in [0.5, 0.6) is 0 Å². The minimum Gasteiger partial charge on any atom is -0.0884 e. The Morgan fingerprint density at radius 3 is 1.31 bits per heavy atom. The van der Waals surface area contributed by atoms with Gasteiger partial charge in [0.15, 0.2) is 0 Å². The first-order valence-electron chi connectivity index (χ1n) is 7.07. The summed E-state index contributed by atoms with van der Waals surface area (Å²) >= 11 is 8.16. The first-order valence-corrected chi connectivity index (χ1v) is 8.90. The van der Waals surface area contributed by atoms with Gasteiger partial charge in [-0.2, -0.15) is 0 Å². The van der Waals surface area contributed by atoms with E-state index in [1.165, 1.54) is 0 Å². The van der Waals surface area contributed by atoms with E-state index in [0.29, 0.717) is 0 Å². The molecule has 0 heterocycles. The Labute approximate surface area is 114 Å². The minimum absolute atomic E-state index is 0.882. The van der Waals surface area contributed by atoms with Crippen LogP contribution in [0.4, 0.5) is 0 Å². The molecule has 0 N–H and O–H groups in total. The van der Waals surface area contributed by atoms with Gasteiger partial charge in [0.2, 0.25) is 0 Å². The van der Waals surface area contributed by atoms with Crippen LogP contribution < -0.4 is 0 Å². The number of hydrogen-bond donors (Lipinski definition) is 0. The number of halogens is 2. The van der Waals surface area contributed by atoms with Crippen molar-refractivity contribution >= 4 is 31.9 Å². The van der Waals surface area contributed by atoms with Crippen LogP contribution in [0, 0.1) is 47.3 Å². The van der Waals surface area contributed by atoms with Crippen LogP contribution in [0.25, 0.3) is 0 Å². The second-order valence-corrected chi connectivity index (χ2v) is 9.12. The van der Waals surface area contributed by atoms with Gasteiger partial charge in [0.05, 0.1) is 0 Å². The molecule has 0 aromatic carbocycles. The zero-order valence-corrected chi connectivity index (χ0v) is 12.5. The van der Waals surface area contributed by atoms with Crippen LogP contribution in [-0.2, 0) is 0 Å². The Kier molecular flexibility index (Phi) is 1.80. The smallest absolute Gasteiger partial charge is 0.0211 e. The topological polar surface area (TPSA) is 0 Å². The fourth-order valence-electron chi connectivity index (χ4n) is 7.00. The van der Waals surface area contributed by atoms with Gasteiger partial charge < -0.3 is 0 Å². The van der Waals surface area contributed by atoms with Crippen molar-refractivity contribution in [3.05, 3.63) is 0 Å². The average molecular weight is 346 g/mol. The molecule has 88 valence electrons. The summed E-state index contributed by atoms with van der Waals surface area (Å²) in [5.41, 5.74) is 0. The molecule has 10 atom stereocenters. The summed E-state index contributed by atoms with van der Waals surface area (Å²) in [4.78, 5) is 1.76. The van der Waals surface area contributed by atoms with Crippen molar-refractivity contribution in [2.75, 3.05) is 0 Å². The van der Waals surface area contributed by atoms with Crippen LogP contribution in [0.3, 0.4) is 0 Å². The fourth-order valence-corrected chi connectivity index (χ4v) is 9.72. The van der Waals surface area contributed by atoms with Crippen molar-refractivity contribution in [3.63, 3.8) is 0 Å². The Balaban J connectivity index is 1.72. The zero-order valence-electron chi connectivity index (χ0n) is 9.36. The lowest BCUT2D eigenvalue weighted by molar-refractivity contribution is -0.228. The SMILES string of the molecule is Br[C@H]1[C@H]2C3[C@@H]4CC[C@@H](C5C4[C@@H]1CC[C@H]52)[C@H]3Br. The van der Waals surface area contributed by atoms with Crippen molar-refractivity contribution in [2.45, 2.75) is 35.3 Å². The number of rotatable bonds is 0. The molecule has 9 saturated carbocycles. The van der Waals surface area contributed by atoms with Crippen LogP contribution in [0.2, 0.25) is 0 Å². The molecule has 9 fully saturated rings. The van der Waals surface area contributed by atoms with E-state index in [-0.39, 0.29) is 0 Å². The minimum atomic E-state index is 0.882. The highest BCUT2D eigenvalue weighted by molar-refractivity contribution is 9.09. The van der Waals surface area contributed by atoms with Crippen LogP contribution >= 0.6 is 31.9 Å². The molecule has 0 saturated heterocycles. The summed E-state index contributed by atoms with van der Waals surface area (Å²) in [6, 6.07) is 0. The monoisotopic (exact) mass is 344 g/mol. The summed E-state index contributed by atoms with van der Waals surface area (Å²) in [6.45, 7) is 0. The van der Waals surface area contributed by atoms with Gasteiger partial charge in [-0.3, -0.25) is 0 Å². The molecule has 0 spiro atoms. The second kappa shape index (κ2) is 2.92. The van der Waals surface area contributed by atoms with Gasteiger partial charge in [-0.1, -0.05) is 31.9 Å². The Bertz CT molecular complexity index is 313. The molecule has 8 bridgehead atoms. The summed E-state index contributed by atoms with van der Waals surface area (Å²) < 4.78 is 0. The first kappa shape index (κ1) is 9.83. The normalized spacial score (nSPS) is 73.9. The standard InChI is InChI=1S/C14H18Br2/c15-13-7-3-1-5-9-8-4-2-6(10(7)9)12(11(5)13)14(8)16/h5-14H,1-4H2/t5-,6-,7+,8+,9?,10?,11-,12?,13-,14-/m1/s1. The van der Waals surface area contributed by atoms with E-state index in [0.717, 1.165) is 57.0 Å². The van der Waals surface area contributed by atoms with Gasteiger partial charge in [0, 0.05) is 9.65 Å². The van der Waals surface area contributed by atoms with Crippen molar-refractivity contribution in [1.82, 2.24) is 0 Å². The Morgan fingerprint density at radius 2 is 0.875 bits per heavy atom. The van der Waals surface area contributed by atoms with Gasteiger partial charge in [-0.15, -0.1) is 0 Å². The van der Waals surface area contributed by atoms with E-state index in [2.05, 4.69) is 31.9 Å². The third-order valence-electron chi connectivity index (χ3n) is 7.08. The van der Waals surface area contributed by atoms with E-state index in [1.807, 2.05) is 0 Å². The average Bonchev–Trinajstić information content (AvgIpc) is 2.29. The van der Waals surface area contributed by atoms with E-state index in [9.17, 15) is 0 Å². The highest BCUT2D eigenvalue weighted by Crippen LogP contribution is 2.75. The number of alkyl halides is 2. The number of hydrogen-bond acceptors (Lipinski definition) is 0. The predicted molar refractivity (Wildman–Crippen MR) is 71.8 cm³/mol. The van der Waals surface area contributed by atoms with Gasteiger partial charge in [0.25, 0.3) is 0 Å². The molecule has 0 aromatic heterocycles. The van der Waals surface area contributed by atoms with Crippen LogP contribution in [0.15, 0.2) is 0 Å². The summed E-state index contributed by atoms with van der Waals surface area (Å²) in [5, 5.41) is 0. The first-order chi connectivity index (χ1) is 7.79.